The molecule has 2 saturated heterocycles. The summed E-state index contributed by atoms with van der Waals surface area (Å²) in [6.45, 7) is 6.09. The number of benzene rings is 1. The molecule has 1 unspecified atom stereocenters. The van der Waals surface area contributed by atoms with Crippen molar-refractivity contribution in [2.24, 2.45) is 10.9 Å². The summed E-state index contributed by atoms with van der Waals surface area (Å²) in [5.41, 5.74) is 0.733. The second kappa shape index (κ2) is 13.6. The fourth-order valence-electron chi connectivity index (χ4n) is 4.60. The van der Waals surface area contributed by atoms with E-state index in [2.05, 4.69) is 15.6 Å². The van der Waals surface area contributed by atoms with Crippen LogP contribution in [0.4, 0.5) is 25.0 Å². The quantitative estimate of drug-likeness (QED) is 0.471. The first-order valence-electron chi connectivity index (χ1n) is 13.5. The van der Waals surface area contributed by atoms with Crippen LogP contribution in [0.5, 0.6) is 0 Å². The van der Waals surface area contributed by atoms with Crippen LogP contribution in [0.15, 0.2) is 28.8 Å². The molecule has 3 aliphatic rings. The number of rotatable bonds is 9. The third-order valence-corrected chi connectivity index (χ3v) is 6.78. The van der Waals surface area contributed by atoms with Crippen molar-refractivity contribution in [3.8, 4) is 0 Å². The SMILES string of the molecule is CC(C)COC(=O)NCC1CN(c2cc(F)c(N3CCN(C(=O)CNC(=O)C4=CCC=NC4)CC3)c(F)c2)CO1. The van der Waals surface area contributed by atoms with E-state index in [1.807, 2.05) is 13.8 Å². The molecule has 4 rings (SSSR count). The Labute approximate surface area is 232 Å². The highest BCUT2D eigenvalue weighted by Gasteiger charge is 2.29. The van der Waals surface area contributed by atoms with Crippen molar-refractivity contribution in [1.29, 1.82) is 0 Å². The van der Waals surface area contributed by atoms with E-state index in [1.54, 1.807) is 27.0 Å². The van der Waals surface area contributed by atoms with Gasteiger partial charge in [-0.2, -0.15) is 0 Å². The molecule has 2 N–H and O–H groups in total. The number of amides is 3. The first-order chi connectivity index (χ1) is 19.2. The van der Waals surface area contributed by atoms with E-state index >= 15 is 8.78 Å². The highest BCUT2D eigenvalue weighted by Crippen LogP contribution is 2.31. The molecule has 0 aliphatic carbocycles. The number of dihydropyridines is 1. The molecular weight excluding hydrogens is 526 g/mol. The summed E-state index contributed by atoms with van der Waals surface area (Å²) in [5.74, 6) is -1.75. The van der Waals surface area contributed by atoms with Crippen LogP contribution in [0.25, 0.3) is 0 Å². The van der Waals surface area contributed by atoms with E-state index in [0.717, 1.165) is 0 Å². The highest BCUT2D eigenvalue weighted by molar-refractivity contribution is 5.97. The number of carbonyl (C=O) groups is 3. The van der Waals surface area contributed by atoms with Gasteiger partial charge < -0.3 is 34.8 Å². The molecule has 0 saturated carbocycles. The molecule has 1 aromatic carbocycles. The molecule has 13 heteroatoms. The van der Waals surface area contributed by atoms with Crippen LogP contribution >= 0.6 is 0 Å². The van der Waals surface area contributed by atoms with Crippen molar-refractivity contribution < 1.29 is 32.6 Å². The molecule has 218 valence electrons. The van der Waals surface area contributed by atoms with Crippen molar-refractivity contribution in [3.05, 3.63) is 35.4 Å². The average Bonchev–Trinajstić information content (AvgIpc) is 3.43. The zero-order valence-electron chi connectivity index (χ0n) is 22.8. The Morgan fingerprint density at radius 3 is 2.48 bits per heavy atom. The van der Waals surface area contributed by atoms with Gasteiger partial charge >= 0.3 is 6.09 Å². The number of carbonyl (C=O) groups excluding carboxylic acids is 3. The van der Waals surface area contributed by atoms with Gasteiger partial charge in [0.05, 0.1) is 25.8 Å². The third kappa shape index (κ3) is 7.68. The van der Waals surface area contributed by atoms with Gasteiger partial charge in [-0.3, -0.25) is 14.6 Å². The molecule has 1 aromatic rings. The largest absolute Gasteiger partial charge is 0.449 e. The summed E-state index contributed by atoms with van der Waals surface area (Å²) >= 11 is 0. The number of halogens is 2. The summed E-state index contributed by atoms with van der Waals surface area (Å²) in [6.07, 6.45) is 3.22. The maximum absolute atomic E-state index is 15.1. The Bertz CT molecular complexity index is 1130. The Morgan fingerprint density at radius 1 is 1.10 bits per heavy atom. The molecule has 3 aliphatic heterocycles. The van der Waals surface area contributed by atoms with E-state index in [9.17, 15) is 14.4 Å². The standard InChI is InChI=1S/C27H36F2N6O5/c1-18(2)16-39-27(38)32-13-21-15-35(17-40-21)20-10-22(28)25(23(29)11-20)34-8-6-33(7-9-34)24(36)14-31-26(37)19-4-3-5-30-12-19/h4-5,10-11,18,21H,3,6-9,12-17H2,1-2H3,(H,31,37)(H,32,38). The number of piperazine rings is 1. The molecule has 0 spiro atoms. The number of ether oxygens (including phenoxy) is 2. The molecule has 40 heavy (non-hydrogen) atoms. The van der Waals surface area contributed by atoms with Crippen LogP contribution in [-0.2, 0) is 19.1 Å². The number of hydrogen-bond acceptors (Lipinski definition) is 8. The van der Waals surface area contributed by atoms with Crippen molar-refractivity contribution in [3.63, 3.8) is 0 Å². The summed E-state index contributed by atoms with van der Waals surface area (Å²) in [5, 5.41) is 5.26. The normalized spacial score (nSPS) is 19.1. The summed E-state index contributed by atoms with van der Waals surface area (Å²) in [7, 11) is 0. The fourth-order valence-corrected chi connectivity index (χ4v) is 4.60. The number of anilines is 2. The number of aliphatic imine (C=N–C) groups is 1. The molecule has 0 bridgehead atoms. The Kier molecular flexibility index (Phi) is 9.91. The topological polar surface area (TPSA) is 116 Å². The highest BCUT2D eigenvalue weighted by atomic mass is 19.1. The number of alkyl carbamates (subject to hydrolysis) is 1. The smallest absolute Gasteiger partial charge is 0.407 e. The zero-order valence-corrected chi connectivity index (χ0v) is 22.8. The van der Waals surface area contributed by atoms with Crippen LogP contribution in [0.1, 0.15) is 20.3 Å². The molecule has 2 fully saturated rings. The van der Waals surface area contributed by atoms with Gasteiger partial charge in [0.15, 0.2) is 11.6 Å². The molecule has 3 amide bonds. The van der Waals surface area contributed by atoms with Crippen LogP contribution < -0.4 is 20.4 Å². The van der Waals surface area contributed by atoms with Crippen LogP contribution in [0.2, 0.25) is 0 Å². The van der Waals surface area contributed by atoms with Gasteiger partial charge in [0.1, 0.15) is 12.4 Å². The molecular formula is C27H36F2N6O5. The maximum Gasteiger partial charge on any atom is 0.407 e. The van der Waals surface area contributed by atoms with Gasteiger partial charge in [0.25, 0.3) is 0 Å². The minimum absolute atomic E-state index is 0.132. The minimum atomic E-state index is -0.704. The van der Waals surface area contributed by atoms with E-state index in [1.165, 1.54) is 12.1 Å². The minimum Gasteiger partial charge on any atom is -0.449 e. The summed E-state index contributed by atoms with van der Waals surface area (Å²) in [4.78, 5) is 45.4. The van der Waals surface area contributed by atoms with Crippen LogP contribution in [-0.4, -0.2) is 101 Å². The fraction of sp³-hybridized carbons (Fsp3) is 0.556. The first-order valence-corrected chi connectivity index (χ1v) is 13.5. The molecule has 0 radical (unpaired) electrons. The predicted octanol–water partition coefficient (Wildman–Crippen LogP) is 1.68. The molecule has 1 atom stereocenters. The van der Waals surface area contributed by atoms with Gasteiger partial charge in [-0.25, -0.2) is 13.6 Å². The molecule has 11 nitrogen and oxygen atoms in total. The van der Waals surface area contributed by atoms with Gasteiger partial charge in [-0.05, 0) is 18.1 Å². The molecule has 0 aromatic heterocycles. The van der Waals surface area contributed by atoms with Gasteiger partial charge in [0, 0.05) is 63.2 Å². The lowest BCUT2D eigenvalue weighted by Crippen LogP contribution is -2.51. The Hall–Kier alpha value is -3.74. The van der Waals surface area contributed by atoms with Crippen LogP contribution in [0, 0.1) is 17.6 Å². The van der Waals surface area contributed by atoms with E-state index in [4.69, 9.17) is 9.47 Å². The first kappa shape index (κ1) is 29.2. The van der Waals surface area contributed by atoms with Crippen molar-refractivity contribution in [2.75, 3.05) is 75.5 Å². The van der Waals surface area contributed by atoms with E-state index in [0.29, 0.717) is 37.4 Å². The van der Waals surface area contributed by atoms with Gasteiger partial charge in [-0.1, -0.05) is 19.9 Å². The Morgan fingerprint density at radius 2 is 1.82 bits per heavy atom. The second-order valence-corrected chi connectivity index (χ2v) is 10.3. The second-order valence-electron chi connectivity index (χ2n) is 10.3. The third-order valence-electron chi connectivity index (χ3n) is 6.78. The van der Waals surface area contributed by atoms with Crippen molar-refractivity contribution in [2.45, 2.75) is 26.4 Å². The lowest BCUT2D eigenvalue weighted by molar-refractivity contribution is -0.132. The Balaban J connectivity index is 1.25. The van der Waals surface area contributed by atoms with Crippen LogP contribution in [0.3, 0.4) is 0 Å². The maximum atomic E-state index is 15.1. The summed E-state index contributed by atoms with van der Waals surface area (Å²) < 4.78 is 41.0. The monoisotopic (exact) mass is 562 g/mol. The van der Waals surface area contributed by atoms with Crippen molar-refractivity contribution >= 4 is 35.5 Å². The number of nitrogens with zero attached hydrogens (tertiary/aromatic N) is 4. The molecule has 3 heterocycles. The average molecular weight is 563 g/mol. The number of allylic oxidation sites excluding steroid dienone is 1. The van der Waals surface area contributed by atoms with E-state index in [-0.39, 0.29) is 75.5 Å². The lowest BCUT2D eigenvalue weighted by Gasteiger charge is -2.36. The summed E-state index contributed by atoms with van der Waals surface area (Å²) in [6, 6.07) is 2.54. The zero-order chi connectivity index (χ0) is 28.6. The number of nitrogens with one attached hydrogen (secondary N) is 2. The van der Waals surface area contributed by atoms with E-state index < -0.39 is 17.7 Å². The number of hydrogen-bond donors (Lipinski definition) is 2. The van der Waals surface area contributed by atoms with Crippen molar-refractivity contribution in [1.82, 2.24) is 15.5 Å². The predicted molar refractivity (Wildman–Crippen MR) is 145 cm³/mol. The lowest BCUT2D eigenvalue weighted by atomic mass is 10.1. The van der Waals surface area contributed by atoms with Gasteiger partial charge in [0.2, 0.25) is 11.8 Å². The van der Waals surface area contributed by atoms with Gasteiger partial charge in [-0.15, -0.1) is 0 Å².